The number of hydrogen-bond acceptors (Lipinski definition) is 5. The van der Waals surface area contributed by atoms with E-state index in [9.17, 15) is 14.7 Å². The number of para-hydroxylation sites is 1. The molecule has 7 heteroatoms. The SMILES string of the molecule is COCCNC(=O)CCNC(=O)c1cccc(N)c1O. The van der Waals surface area contributed by atoms with Crippen LogP contribution in [0.1, 0.15) is 16.8 Å². The molecule has 0 fully saturated rings. The molecule has 1 rings (SSSR count). The Morgan fingerprint density at radius 3 is 2.75 bits per heavy atom. The molecule has 0 spiro atoms. The molecule has 0 aliphatic rings. The average molecular weight is 281 g/mol. The predicted molar refractivity (Wildman–Crippen MR) is 74.4 cm³/mol. The van der Waals surface area contributed by atoms with E-state index in [4.69, 9.17) is 10.5 Å². The number of methoxy groups -OCH3 is 1. The topological polar surface area (TPSA) is 114 Å². The van der Waals surface area contributed by atoms with Gasteiger partial charge in [-0.15, -0.1) is 0 Å². The van der Waals surface area contributed by atoms with Crippen molar-refractivity contribution in [2.24, 2.45) is 0 Å². The fourth-order valence-electron chi connectivity index (χ4n) is 1.51. The van der Waals surface area contributed by atoms with Gasteiger partial charge in [0.05, 0.1) is 17.9 Å². The summed E-state index contributed by atoms with van der Waals surface area (Å²) in [6.45, 7) is 1.04. The molecule has 0 heterocycles. The number of aromatic hydroxyl groups is 1. The molecule has 7 nitrogen and oxygen atoms in total. The van der Waals surface area contributed by atoms with Crippen molar-refractivity contribution in [1.29, 1.82) is 0 Å². The first-order valence-corrected chi connectivity index (χ1v) is 6.17. The Bertz CT molecular complexity index is 477. The molecule has 0 saturated carbocycles. The monoisotopic (exact) mass is 281 g/mol. The zero-order valence-electron chi connectivity index (χ0n) is 11.3. The van der Waals surface area contributed by atoms with Crippen molar-refractivity contribution in [1.82, 2.24) is 10.6 Å². The van der Waals surface area contributed by atoms with E-state index in [1.807, 2.05) is 0 Å². The molecule has 1 aromatic carbocycles. The summed E-state index contributed by atoms with van der Waals surface area (Å²) in [7, 11) is 1.55. The van der Waals surface area contributed by atoms with E-state index >= 15 is 0 Å². The van der Waals surface area contributed by atoms with Crippen LogP contribution in [0, 0.1) is 0 Å². The fourth-order valence-corrected chi connectivity index (χ4v) is 1.51. The quantitative estimate of drug-likeness (QED) is 0.315. The van der Waals surface area contributed by atoms with Gasteiger partial charge < -0.3 is 26.2 Å². The molecule has 2 amide bonds. The Balaban J connectivity index is 2.37. The van der Waals surface area contributed by atoms with Crippen LogP contribution in [0.4, 0.5) is 5.69 Å². The normalized spacial score (nSPS) is 10.1. The van der Waals surface area contributed by atoms with Gasteiger partial charge in [-0.25, -0.2) is 0 Å². The van der Waals surface area contributed by atoms with Crippen molar-refractivity contribution in [3.63, 3.8) is 0 Å². The minimum Gasteiger partial charge on any atom is -0.505 e. The highest BCUT2D eigenvalue weighted by Gasteiger charge is 2.12. The Hall–Kier alpha value is -2.28. The van der Waals surface area contributed by atoms with Crippen molar-refractivity contribution in [3.05, 3.63) is 23.8 Å². The molecule has 0 aliphatic carbocycles. The van der Waals surface area contributed by atoms with Gasteiger partial charge in [-0.3, -0.25) is 9.59 Å². The van der Waals surface area contributed by atoms with Gasteiger partial charge in [0.25, 0.3) is 5.91 Å². The van der Waals surface area contributed by atoms with E-state index < -0.39 is 5.91 Å². The maximum Gasteiger partial charge on any atom is 0.255 e. The molecule has 110 valence electrons. The Morgan fingerprint density at radius 1 is 1.30 bits per heavy atom. The summed E-state index contributed by atoms with van der Waals surface area (Å²) in [4.78, 5) is 23.2. The van der Waals surface area contributed by atoms with Gasteiger partial charge in [0, 0.05) is 26.6 Å². The number of phenolic OH excluding ortho intramolecular Hbond substituents is 1. The molecule has 0 bridgehead atoms. The first kappa shape index (κ1) is 15.8. The van der Waals surface area contributed by atoms with Crippen molar-refractivity contribution >= 4 is 17.5 Å². The van der Waals surface area contributed by atoms with Crippen LogP contribution < -0.4 is 16.4 Å². The maximum atomic E-state index is 11.8. The zero-order chi connectivity index (χ0) is 15.0. The minimum absolute atomic E-state index is 0.0878. The number of benzene rings is 1. The van der Waals surface area contributed by atoms with Gasteiger partial charge >= 0.3 is 0 Å². The molecule has 0 atom stereocenters. The molecule has 0 aromatic heterocycles. The van der Waals surface area contributed by atoms with E-state index in [2.05, 4.69) is 10.6 Å². The molecule has 0 aliphatic heterocycles. The molecule has 20 heavy (non-hydrogen) atoms. The minimum atomic E-state index is -0.473. The molecule has 0 radical (unpaired) electrons. The second kappa shape index (κ2) is 8.00. The van der Waals surface area contributed by atoms with Crippen LogP contribution in [-0.2, 0) is 9.53 Å². The number of ether oxygens (including phenoxy) is 1. The molecule has 1 aromatic rings. The summed E-state index contributed by atoms with van der Waals surface area (Å²) in [6.07, 6.45) is 0.151. The maximum absolute atomic E-state index is 11.8. The molecular weight excluding hydrogens is 262 g/mol. The fraction of sp³-hybridized carbons (Fsp3) is 0.385. The molecular formula is C13H19N3O4. The molecule has 0 unspecified atom stereocenters. The first-order chi connectivity index (χ1) is 9.56. The van der Waals surface area contributed by atoms with Gasteiger partial charge in [-0.2, -0.15) is 0 Å². The average Bonchev–Trinajstić information content (AvgIpc) is 2.42. The summed E-state index contributed by atoms with van der Waals surface area (Å²) in [6, 6.07) is 4.52. The van der Waals surface area contributed by atoms with Gasteiger partial charge in [0.2, 0.25) is 5.91 Å². The summed E-state index contributed by atoms with van der Waals surface area (Å²) in [5.41, 5.74) is 5.72. The number of rotatable bonds is 7. The van der Waals surface area contributed by atoms with Crippen LogP contribution >= 0.6 is 0 Å². The van der Waals surface area contributed by atoms with Gasteiger partial charge in [-0.1, -0.05) is 6.07 Å². The summed E-state index contributed by atoms with van der Waals surface area (Å²) in [5.74, 6) is -0.909. The van der Waals surface area contributed by atoms with E-state index in [0.29, 0.717) is 13.2 Å². The third kappa shape index (κ3) is 4.77. The van der Waals surface area contributed by atoms with Crippen LogP contribution in [0.3, 0.4) is 0 Å². The third-order valence-corrected chi connectivity index (χ3v) is 2.58. The summed E-state index contributed by atoms with van der Waals surface area (Å²) >= 11 is 0. The van der Waals surface area contributed by atoms with Crippen molar-refractivity contribution in [2.75, 3.05) is 32.5 Å². The third-order valence-electron chi connectivity index (χ3n) is 2.58. The zero-order valence-corrected chi connectivity index (χ0v) is 11.3. The lowest BCUT2D eigenvalue weighted by atomic mass is 10.1. The summed E-state index contributed by atoms with van der Waals surface area (Å²) < 4.78 is 4.79. The lowest BCUT2D eigenvalue weighted by molar-refractivity contribution is -0.121. The van der Waals surface area contributed by atoms with Crippen LogP contribution in [0.2, 0.25) is 0 Å². The van der Waals surface area contributed by atoms with Crippen molar-refractivity contribution < 1.29 is 19.4 Å². The highest BCUT2D eigenvalue weighted by Crippen LogP contribution is 2.23. The van der Waals surface area contributed by atoms with Crippen LogP contribution in [0.15, 0.2) is 18.2 Å². The Labute approximate surface area is 117 Å². The van der Waals surface area contributed by atoms with E-state index in [1.54, 1.807) is 13.2 Å². The largest absolute Gasteiger partial charge is 0.505 e. The Kier molecular flexibility index (Phi) is 6.31. The van der Waals surface area contributed by atoms with Crippen molar-refractivity contribution in [2.45, 2.75) is 6.42 Å². The number of nitrogen functional groups attached to an aromatic ring is 1. The van der Waals surface area contributed by atoms with Crippen LogP contribution in [0.5, 0.6) is 5.75 Å². The second-order valence-corrected chi connectivity index (χ2v) is 4.09. The first-order valence-electron chi connectivity index (χ1n) is 6.17. The number of hydrogen-bond donors (Lipinski definition) is 4. The van der Waals surface area contributed by atoms with Gasteiger partial charge in [0.15, 0.2) is 5.75 Å². The number of carbonyl (C=O) groups excluding carboxylic acids is 2. The summed E-state index contributed by atoms with van der Waals surface area (Å²) in [5, 5.41) is 14.8. The number of carbonyl (C=O) groups is 2. The molecule has 0 saturated heterocycles. The number of nitrogens with one attached hydrogen (secondary N) is 2. The number of anilines is 1. The van der Waals surface area contributed by atoms with E-state index in [-0.39, 0.29) is 35.9 Å². The predicted octanol–water partition coefficient (Wildman–Crippen LogP) is -0.143. The highest BCUT2D eigenvalue weighted by molar-refractivity contribution is 5.98. The number of amides is 2. The lowest BCUT2D eigenvalue weighted by Gasteiger charge is -2.08. The smallest absolute Gasteiger partial charge is 0.255 e. The number of phenols is 1. The van der Waals surface area contributed by atoms with Gasteiger partial charge in [0.1, 0.15) is 0 Å². The lowest BCUT2D eigenvalue weighted by Crippen LogP contribution is -2.32. The van der Waals surface area contributed by atoms with E-state index in [0.717, 1.165) is 0 Å². The standard InChI is InChI=1S/C13H19N3O4/c1-20-8-7-15-11(17)5-6-16-13(19)9-3-2-4-10(14)12(9)18/h2-4,18H,5-8,14H2,1H3,(H,15,17)(H,16,19). The van der Waals surface area contributed by atoms with Crippen LogP contribution in [-0.4, -0.2) is 43.7 Å². The van der Waals surface area contributed by atoms with E-state index in [1.165, 1.54) is 12.1 Å². The number of nitrogens with two attached hydrogens (primary N) is 1. The second-order valence-electron chi connectivity index (χ2n) is 4.09. The van der Waals surface area contributed by atoms with Crippen molar-refractivity contribution in [3.8, 4) is 5.75 Å². The molecule has 5 N–H and O–H groups in total. The highest BCUT2D eigenvalue weighted by atomic mass is 16.5. The van der Waals surface area contributed by atoms with Gasteiger partial charge in [-0.05, 0) is 12.1 Å². The van der Waals surface area contributed by atoms with Crippen LogP contribution in [0.25, 0.3) is 0 Å². The Morgan fingerprint density at radius 2 is 2.05 bits per heavy atom.